The quantitative estimate of drug-likeness (QED) is 0.869. The van der Waals surface area contributed by atoms with Crippen LogP contribution in [0.15, 0.2) is 29.2 Å². The van der Waals surface area contributed by atoms with E-state index in [1.807, 2.05) is 12.1 Å². The molecule has 2 N–H and O–H groups in total. The highest BCUT2D eigenvalue weighted by molar-refractivity contribution is 7.89. The molecule has 0 amide bonds. The number of rotatable bonds is 4. The molecule has 0 saturated carbocycles. The summed E-state index contributed by atoms with van der Waals surface area (Å²) in [6.07, 6.45) is 2.00. The van der Waals surface area contributed by atoms with Gasteiger partial charge in [0.1, 0.15) is 0 Å². The van der Waals surface area contributed by atoms with Crippen LogP contribution in [-0.2, 0) is 10.0 Å². The molecule has 1 saturated heterocycles. The highest BCUT2D eigenvalue weighted by Gasteiger charge is 2.23. The lowest BCUT2D eigenvalue weighted by molar-refractivity contribution is 0.455. The van der Waals surface area contributed by atoms with E-state index in [0.717, 1.165) is 31.5 Å². The Morgan fingerprint density at radius 3 is 2.61 bits per heavy atom. The largest absolute Gasteiger partial charge is 0.317 e. The monoisotopic (exact) mass is 268 g/mol. The molecule has 100 valence electrons. The van der Waals surface area contributed by atoms with E-state index in [2.05, 4.69) is 10.0 Å². The maximum atomic E-state index is 12.2. The first-order valence-corrected chi connectivity index (χ1v) is 7.93. The first-order valence-electron chi connectivity index (χ1n) is 6.44. The summed E-state index contributed by atoms with van der Waals surface area (Å²) in [7, 11) is -3.36. The SMILES string of the molecule is CCNS(=O)(=O)c1ccccc1C1CCNCC1. The van der Waals surface area contributed by atoms with E-state index in [1.54, 1.807) is 19.1 Å². The number of benzene rings is 1. The Balaban J connectivity index is 2.36. The fourth-order valence-corrected chi connectivity index (χ4v) is 3.80. The van der Waals surface area contributed by atoms with Crippen molar-refractivity contribution in [2.75, 3.05) is 19.6 Å². The third kappa shape index (κ3) is 2.91. The second-order valence-corrected chi connectivity index (χ2v) is 6.30. The molecule has 1 aliphatic heterocycles. The van der Waals surface area contributed by atoms with Gasteiger partial charge >= 0.3 is 0 Å². The van der Waals surface area contributed by atoms with E-state index in [4.69, 9.17) is 0 Å². The molecule has 1 aromatic rings. The second kappa shape index (κ2) is 5.82. The summed E-state index contributed by atoms with van der Waals surface area (Å²) in [5.74, 6) is 0.343. The van der Waals surface area contributed by atoms with Crippen molar-refractivity contribution < 1.29 is 8.42 Å². The van der Waals surface area contributed by atoms with Crippen molar-refractivity contribution in [1.29, 1.82) is 0 Å². The molecular formula is C13H20N2O2S. The summed E-state index contributed by atoms with van der Waals surface area (Å²) in [6, 6.07) is 7.35. The Labute approximate surface area is 109 Å². The van der Waals surface area contributed by atoms with Crippen LogP contribution in [0.4, 0.5) is 0 Å². The van der Waals surface area contributed by atoms with Crippen LogP contribution in [0.2, 0.25) is 0 Å². The van der Waals surface area contributed by atoms with E-state index >= 15 is 0 Å². The number of sulfonamides is 1. The van der Waals surface area contributed by atoms with E-state index in [9.17, 15) is 8.42 Å². The fraction of sp³-hybridized carbons (Fsp3) is 0.538. The second-order valence-electron chi connectivity index (χ2n) is 4.56. The van der Waals surface area contributed by atoms with Gasteiger partial charge in [-0.15, -0.1) is 0 Å². The molecule has 1 fully saturated rings. The minimum absolute atomic E-state index is 0.343. The third-order valence-electron chi connectivity index (χ3n) is 3.32. The molecule has 5 heteroatoms. The van der Waals surface area contributed by atoms with Gasteiger partial charge in [0.15, 0.2) is 0 Å². The molecule has 18 heavy (non-hydrogen) atoms. The van der Waals surface area contributed by atoms with Gasteiger partial charge in [0.05, 0.1) is 4.90 Å². The minimum Gasteiger partial charge on any atom is -0.317 e. The zero-order valence-corrected chi connectivity index (χ0v) is 11.5. The van der Waals surface area contributed by atoms with Gasteiger partial charge < -0.3 is 5.32 Å². The molecule has 4 nitrogen and oxygen atoms in total. The van der Waals surface area contributed by atoms with Crippen molar-refractivity contribution in [3.63, 3.8) is 0 Å². The topological polar surface area (TPSA) is 58.2 Å². The summed E-state index contributed by atoms with van der Waals surface area (Å²) in [5.41, 5.74) is 0.958. The number of nitrogens with one attached hydrogen (secondary N) is 2. The first kappa shape index (κ1) is 13.5. The average Bonchev–Trinajstić information content (AvgIpc) is 2.40. The van der Waals surface area contributed by atoms with Crippen LogP contribution in [0, 0.1) is 0 Å². The molecule has 0 aliphatic carbocycles. The Bertz CT molecular complexity index is 493. The zero-order chi connectivity index (χ0) is 13.0. The molecule has 1 aromatic carbocycles. The van der Waals surface area contributed by atoms with Gasteiger partial charge in [-0.1, -0.05) is 25.1 Å². The molecule has 0 unspecified atom stereocenters. The number of hydrogen-bond donors (Lipinski definition) is 2. The van der Waals surface area contributed by atoms with Gasteiger partial charge in [-0.2, -0.15) is 0 Å². The molecule has 0 atom stereocenters. The van der Waals surface area contributed by atoms with Crippen LogP contribution in [0.5, 0.6) is 0 Å². The van der Waals surface area contributed by atoms with Gasteiger partial charge in [0.25, 0.3) is 0 Å². The summed E-state index contributed by atoms with van der Waals surface area (Å²) in [5, 5.41) is 3.30. The maximum absolute atomic E-state index is 12.2. The Kier molecular flexibility index (Phi) is 4.37. The molecule has 0 bridgehead atoms. The number of hydrogen-bond acceptors (Lipinski definition) is 3. The number of piperidine rings is 1. The molecule has 1 aliphatic rings. The molecule has 0 aromatic heterocycles. The van der Waals surface area contributed by atoms with Crippen molar-refractivity contribution in [2.24, 2.45) is 0 Å². The Morgan fingerprint density at radius 1 is 1.28 bits per heavy atom. The third-order valence-corrected chi connectivity index (χ3v) is 4.94. The van der Waals surface area contributed by atoms with Crippen LogP contribution >= 0.6 is 0 Å². The highest BCUT2D eigenvalue weighted by atomic mass is 32.2. The summed E-state index contributed by atoms with van der Waals surface area (Å²) < 4.78 is 26.9. The predicted octanol–water partition coefficient (Wildman–Crippen LogP) is 1.45. The van der Waals surface area contributed by atoms with Crippen LogP contribution < -0.4 is 10.0 Å². The van der Waals surface area contributed by atoms with Gasteiger partial charge in [-0.3, -0.25) is 0 Å². The van der Waals surface area contributed by atoms with Gasteiger partial charge in [0, 0.05) is 6.54 Å². The zero-order valence-electron chi connectivity index (χ0n) is 10.6. The summed E-state index contributed by atoms with van der Waals surface area (Å²) in [6.45, 7) is 4.13. The van der Waals surface area contributed by atoms with E-state index in [-0.39, 0.29) is 0 Å². The summed E-state index contributed by atoms with van der Waals surface area (Å²) in [4.78, 5) is 0.443. The van der Waals surface area contributed by atoms with Gasteiger partial charge in [-0.05, 0) is 43.5 Å². The first-order chi connectivity index (χ1) is 8.65. The standard InChI is InChI=1S/C13H20N2O2S/c1-2-15-18(16,17)13-6-4-3-5-12(13)11-7-9-14-10-8-11/h3-6,11,14-15H,2,7-10H2,1H3. The van der Waals surface area contributed by atoms with Crippen LogP contribution in [0.25, 0.3) is 0 Å². The molecule has 1 heterocycles. The van der Waals surface area contributed by atoms with Crippen molar-refractivity contribution in [1.82, 2.24) is 10.0 Å². The molecule has 2 rings (SSSR count). The predicted molar refractivity (Wildman–Crippen MR) is 72.1 cm³/mol. The van der Waals surface area contributed by atoms with Gasteiger partial charge in [-0.25, -0.2) is 13.1 Å². The normalized spacial score (nSPS) is 17.8. The van der Waals surface area contributed by atoms with Crippen molar-refractivity contribution in [2.45, 2.75) is 30.6 Å². The van der Waals surface area contributed by atoms with Crippen molar-refractivity contribution >= 4 is 10.0 Å². The molecular weight excluding hydrogens is 248 g/mol. The maximum Gasteiger partial charge on any atom is 0.240 e. The lowest BCUT2D eigenvalue weighted by atomic mass is 9.90. The van der Waals surface area contributed by atoms with Crippen molar-refractivity contribution in [3.05, 3.63) is 29.8 Å². The van der Waals surface area contributed by atoms with E-state index < -0.39 is 10.0 Å². The Hall–Kier alpha value is -0.910. The Morgan fingerprint density at radius 2 is 1.94 bits per heavy atom. The molecule has 0 radical (unpaired) electrons. The van der Waals surface area contributed by atoms with Crippen molar-refractivity contribution in [3.8, 4) is 0 Å². The smallest absolute Gasteiger partial charge is 0.240 e. The highest BCUT2D eigenvalue weighted by Crippen LogP contribution is 2.30. The van der Waals surface area contributed by atoms with Gasteiger partial charge in [0.2, 0.25) is 10.0 Å². The molecule has 0 spiro atoms. The summed E-state index contributed by atoms with van der Waals surface area (Å²) >= 11 is 0. The van der Waals surface area contributed by atoms with E-state index in [1.165, 1.54) is 0 Å². The fourth-order valence-electron chi connectivity index (χ4n) is 2.46. The lowest BCUT2D eigenvalue weighted by Crippen LogP contribution is -2.29. The minimum atomic E-state index is -3.36. The van der Waals surface area contributed by atoms with Crippen LogP contribution in [0.1, 0.15) is 31.2 Å². The average molecular weight is 268 g/mol. The lowest BCUT2D eigenvalue weighted by Gasteiger charge is -2.24. The van der Waals surface area contributed by atoms with E-state index in [0.29, 0.717) is 17.4 Å². The van der Waals surface area contributed by atoms with Crippen LogP contribution in [0.3, 0.4) is 0 Å². The van der Waals surface area contributed by atoms with Crippen LogP contribution in [-0.4, -0.2) is 28.1 Å².